The third kappa shape index (κ3) is 9.62. The molecule has 4 rings (SSSR count). The highest BCUT2D eigenvalue weighted by Crippen LogP contribution is 2.28. The maximum absolute atomic E-state index is 14.6. The van der Waals surface area contributed by atoms with Crippen molar-refractivity contribution in [2.24, 2.45) is 0 Å². The molecule has 2 amide bonds. The Morgan fingerprint density at radius 1 is 0.830 bits per heavy atom. The molecule has 0 saturated carbocycles. The van der Waals surface area contributed by atoms with Gasteiger partial charge in [0.25, 0.3) is 10.0 Å². The van der Waals surface area contributed by atoms with Crippen molar-refractivity contribution in [3.8, 4) is 5.75 Å². The van der Waals surface area contributed by atoms with E-state index in [1.54, 1.807) is 48.5 Å². The fourth-order valence-corrected chi connectivity index (χ4v) is 6.88. The molecule has 0 radical (unpaired) electrons. The van der Waals surface area contributed by atoms with E-state index in [0.717, 1.165) is 26.7 Å². The standard InChI is InChI=1S/C37H43N3O5S2/c1-5-28(3)38-37(42)35(25-29-13-9-7-10-14-29)39(26-30-15-11-8-12-16-30)36(41)27-40(31-17-19-32(20-18-31)45-6-2)47(43,44)34-23-21-33(46-4)22-24-34/h7-24,28,35H,5-6,25-27H2,1-4H3,(H,38,42)/t28-,35-/m1/s1. The Bertz CT molecular complexity index is 1680. The largest absolute Gasteiger partial charge is 0.494 e. The van der Waals surface area contributed by atoms with E-state index in [9.17, 15) is 18.0 Å². The van der Waals surface area contributed by atoms with Crippen LogP contribution < -0.4 is 14.4 Å². The summed E-state index contributed by atoms with van der Waals surface area (Å²) >= 11 is 1.51. The lowest BCUT2D eigenvalue weighted by Crippen LogP contribution is -2.54. The molecule has 0 heterocycles. The highest BCUT2D eigenvalue weighted by molar-refractivity contribution is 7.98. The Morgan fingerprint density at radius 2 is 1.43 bits per heavy atom. The predicted molar refractivity (Wildman–Crippen MR) is 189 cm³/mol. The van der Waals surface area contributed by atoms with Crippen molar-refractivity contribution in [3.05, 3.63) is 120 Å². The molecule has 1 N–H and O–H groups in total. The van der Waals surface area contributed by atoms with E-state index in [1.165, 1.54) is 16.7 Å². The van der Waals surface area contributed by atoms with E-state index >= 15 is 0 Å². The van der Waals surface area contributed by atoms with Crippen LogP contribution in [0.3, 0.4) is 0 Å². The fourth-order valence-electron chi connectivity index (χ4n) is 5.05. The minimum Gasteiger partial charge on any atom is -0.494 e. The minimum atomic E-state index is -4.20. The molecule has 0 unspecified atom stereocenters. The van der Waals surface area contributed by atoms with Crippen LogP contribution in [0.25, 0.3) is 0 Å². The van der Waals surface area contributed by atoms with Crippen molar-refractivity contribution >= 4 is 39.3 Å². The van der Waals surface area contributed by atoms with Crippen LogP contribution in [0.2, 0.25) is 0 Å². The van der Waals surface area contributed by atoms with Crippen LogP contribution in [-0.2, 0) is 32.6 Å². The van der Waals surface area contributed by atoms with E-state index in [0.29, 0.717) is 18.0 Å². The van der Waals surface area contributed by atoms with Gasteiger partial charge in [-0.3, -0.25) is 13.9 Å². The molecule has 0 saturated heterocycles. The second kappa shape index (κ2) is 17.0. The maximum atomic E-state index is 14.6. The van der Waals surface area contributed by atoms with Crippen LogP contribution in [-0.4, -0.2) is 56.6 Å². The zero-order valence-corrected chi connectivity index (χ0v) is 29.0. The summed E-state index contributed by atoms with van der Waals surface area (Å²) in [6.07, 6.45) is 2.89. The van der Waals surface area contributed by atoms with Crippen LogP contribution in [0, 0.1) is 0 Å². The van der Waals surface area contributed by atoms with Crippen molar-refractivity contribution in [1.82, 2.24) is 10.2 Å². The molecule has 2 atom stereocenters. The van der Waals surface area contributed by atoms with Crippen molar-refractivity contribution in [2.75, 3.05) is 23.7 Å². The molecule has 0 bridgehead atoms. The lowest BCUT2D eigenvalue weighted by molar-refractivity contribution is -0.140. The number of ether oxygens (including phenoxy) is 1. The van der Waals surface area contributed by atoms with Crippen LogP contribution >= 0.6 is 11.8 Å². The van der Waals surface area contributed by atoms with Gasteiger partial charge in [-0.1, -0.05) is 67.6 Å². The molecule has 0 fully saturated rings. The number of carbonyl (C=O) groups excluding carboxylic acids is 2. The number of amides is 2. The molecule has 4 aromatic carbocycles. The van der Waals surface area contributed by atoms with Gasteiger partial charge in [0.05, 0.1) is 17.2 Å². The Hall–Kier alpha value is -4.28. The van der Waals surface area contributed by atoms with Gasteiger partial charge < -0.3 is 15.0 Å². The van der Waals surface area contributed by atoms with Gasteiger partial charge in [0.2, 0.25) is 11.8 Å². The number of carbonyl (C=O) groups is 2. The van der Waals surface area contributed by atoms with Crippen LogP contribution in [0.4, 0.5) is 5.69 Å². The first kappa shape index (κ1) is 35.6. The second-order valence-electron chi connectivity index (χ2n) is 11.1. The lowest BCUT2D eigenvalue weighted by Gasteiger charge is -2.34. The first-order valence-corrected chi connectivity index (χ1v) is 18.4. The average molecular weight is 674 g/mol. The molecule has 0 aromatic heterocycles. The predicted octanol–water partition coefficient (Wildman–Crippen LogP) is 6.56. The number of rotatable bonds is 16. The van der Waals surface area contributed by atoms with Gasteiger partial charge in [-0.05, 0) is 86.2 Å². The summed E-state index contributed by atoms with van der Waals surface area (Å²) in [6.45, 7) is 5.82. The number of hydrogen-bond acceptors (Lipinski definition) is 6. The van der Waals surface area contributed by atoms with Crippen molar-refractivity contribution < 1.29 is 22.7 Å². The second-order valence-corrected chi connectivity index (χ2v) is 13.9. The summed E-state index contributed by atoms with van der Waals surface area (Å²) in [5.74, 6) is -0.220. The summed E-state index contributed by atoms with van der Waals surface area (Å²) in [5.41, 5.74) is 2.00. The number of nitrogens with zero attached hydrogens (tertiary/aromatic N) is 2. The first-order chi connectivity index (χ1) is 22.7. The zero-order valence-electron chi connectivity index (χ0n) is 27.3. The average Bonchev–Trinajstić information content (AvgIpc) is 3.10. The number of sulfonamides is 1. The summed E-state index contributed by atoms with van der Waals surface area (Å²) in [6, 6.07) is 31.1. The number of benzene rings is 4. The lowest BCUT2D eigenvalue weighted by atomic mass is 10.0. The van der Waals surface area contributed by atoms with Crippen LogP contribution in [0.5, 0.6) is 5.75 Å². The number of hydrogen-bond donors (Lipinski definition) is 1. The van der Waals surface area contributed by atoms with Gasteiger partial charge in [-0.2, -0.15) is 0 Å². The van der Waals surface area contributed by atoms with Gasteiger partial charge in [-0.25, -0.2) is 8.42 Å². The first-order valence-electron chi connectivity index (χ1n) is 15.7. The molecule has 0 aliphatic heterocycles. The summed E-state index contributed by atoms with van der Waals surface area (Å²) < 4.78 is 35.3. The van der Waals surface area contributed by atoms with Crippen molar-refractivity contribution in [2.45, 2.75) is 62.0 Å². The fraction of sp³-hybridized carbons (Fsp3) is 0.297. The van der Waals surface area contributed by atoms with E-state index in [1.807, 2.05) is 87.7 Å². The molecule has 10 heteroatoms. The van der Waals surface area contributed by atoms with Gasteiger partial charge in [0, 0.05) is 23.9 Å². The van der Waals surface area contributed by atoms with Gasteiger partial charge in [0.1, 0.15) is 18.3 Å². The number of anilines is 1. The summed E-state index contributed by atoms with van der Waals surface area (Å²) in [7, 11) is -4.20. The van der Waals surface area contributed by atoms with Gasteiger partial charge in [-0.15, -0.1) is 11.8 Å². The summed E-state index contributed by atoms with van der Waals surface area (Å²) in [4.78, 5) is 31.0. The van der Waals surface area contributed by atoms with Gasteiger partial charge in [0.15, 0.2) is 0 Å². The Balaban J connectivity index is 1.79. The molecule has 4 aromatic rings. The topological polar surface area (TPSA) is 96.0 Å². The number of thioether (sulfide) groups is 1. The van der Waals surface area contributed by atoms with Gasteiger partial charge >= 0.3 is 0 Å². The van der Waals surface area contributed by atoms with Crippen molar-refractivity contribution in [1.29, 1.82) is 0 Å². The Morgan fingerprint density at radius 3 is 1.98 bits per heavy atom. The molecule has 0 aliphatic rings. The molecular weight excluding hydrogens is 631 g/mol. The minimum absolute atomic E-state index is 0.0574. The van der Waals surface area contributed by atoms with E-state index in [2.05, 4.69) is 5.32 Å². The van der Waals surface area contributed by atoms with Crippen LogP contribution in [0.1, 0.15) is 38.3 Å². The van der Waals surface area contributed by atoms with E-state index in [-0.39, 0.29) is 29.8 Å². The third-order valence-corrected chi connectivity index (χ3v) is 10.4. The number of nitrogens with one attached hydrogen (secondary N) is 1. The highest BCUT2D eigenvalue weighted by atomic mass is 32.2. The molecule has 248 valence electrons. The van der Waals surface area contributed by atoms with Crippen LogP contribution in [0.15, 0.2) is 119 Å². The normalized spacial score (nSPS) is 12.5. The molecule has 0 spiro atoms. The Labute approximate surface area is 283 Å². The smallest absolute Gasteiger partial charge is 0.264 e. The van der Waals surface area contributed by atoms with E-state index < -0.39 is 28.5 Å². The Kier molecular flexibility index (Phi) is 12.9. The SMILES string of the molecule is CCOc1ccc(N(CC(=O)N(Cc2ccccc2)[C@H](Cc2ccccc2)C(=O)N[C@H](C)CC)S(=O)(=O)c2ccc(SC)cc2)cc1. The molecular formula is C37H43N3O5S2. The molecule has 8 nitrogen and oxygen atoms in total. The quantitative estimate of drug-likeness (QED) is 0.136. The summed E-state index contributed by atoms with van der Waals surface area (Å²) in [5, 5.41) is 3.06. The van der Waals surface area contributed by atoms with E-state index in [4.69, 9.17) is 4.74 Å². The highest BCUT2D eigenvalue weighted by Gasteiger charge is 2.35. The third-order valence-electron chi connectivity index (χ3n) is 7.83. The molecule has 0 aliphatic carbocycles. The molecule has 47 heavy (non-hydrogen) atoms. The monoisotopic (exact) mass is 673 g/mol. The maximum Gasteiger partial charge on any atom is 0.264 e. The van der Waals surface area contributed by atoms with Crippen molar-refractivity contribution in [3.63, 3.8) is 0 Å². The zero-order chi connectivity index (χ0) is 33.8.